The Bertz CT molecular complexity index is 764. The van der Waals surface area contributed by atoms with Gasteiger partial charge in [0.2, 0.25) is 13.6 Å². The summed E-state index contributed by atoms with van der Waals surface area (Å²) < 4.78 is 21.6. The van der Waals surface area contributed by atoms with Crippen LogP contribution < -0.4 is 29.6 Å². The third-order valence-corrected chi connectivity index (χ3v) is 4.40. The van der Waals surface area contributed by atoms with Gasteiger partial charge < -0.3 is 29.6 Å². The lowest BCUT2D eigenvalue weighted by Crippen LogP contribution is -2.42. The van der Waals surface area contributed by atoms with Crippen molar-refractivity contribution in [3.63, 3.8) is 0 Å². The van der Waals surface area contributed by atoms with Gasteiger partial charge >= 0.3 is 6.03 Å². The van der Waals surface area contributed by atoms with Gasteiger partial charge in [-0.25, -0.2) is 4.79 Å². The molecule has 0 fully saturated rings. The summed E-state index contributed by atoms with van der Waals surface area (Å²) in [5.41, 5.74) is 2.13. The first-order chi connectivity index (χ1) is 12.7. The van der Waals surface area contributed by atoms with E-state index in [0.717, 1.165) is 34.1 Å². The van der Waals surface area contributed by atoms with Crippen LogP contribution in [0.3, 0.4) is 0 Å². The molecule has 7 heteroatoms. The van der Waals surface area contributed by atoms with E-state index in [9.17, 15) is 4.79 Å². The summed E-state index contributed by atoms with van der Waals surface area (Å²) in [6.07, 6.45) is 1.33. The number of hydrogen-bond donors (Lipinski definition) is 2. The first kappa shape index (κ1) is 16.4. The van der Waals surface area contributed by atoms with Crippen molar-refractivity contribution < 1.29 is 23.7 Å². The number of urea groups is 1. The van der Waals surface area contributed by atoms with Crippen LogP contribution in [-0.2, 0) is 12.8 Å². The van der Waals surface area contributed by atoms with E-state index in [1.165, 1.54) is 0 Å². The van der Waals surface area contributed by atoms with Crippen LogP contribution in [-0.4, -0.2) is 32.7 Å². The molecule has 0 aliphatic carbocycles. The zero-order chi connectivity index (χ0) is 17.9. The van der Waals surface area contributed by atoms with Crippen molar-refractivity contribution in [2.45, 2.75) is 18.9 Å². The van der Waals surface area contributed by atoms with E-state index in [1.807, 2.05) is 36.4 Å². The Morgan fingerprint density at radius 3 is 1.88 bits per heavy atom. The highest BCUT2D eigenvalue weighted by Gasteiger charge is 2.19. The molecule has 0 saturated heterocycles. The third-order valence-electron chi connectivity index (χ3n) is 4.40. The zero-order valence-corrected chi connectivity index (χ0v) is 14.4. The monoisotopic (exact) mass is 356 g/mol. The molecular formula is C19H20N2O5. The Balaban J connectivity index is 1.51. The van der Waals surface area contributed by atoms with Crippen LogP contribution in [0.5, 0.6) is 23.0 Å². The molecule has 0 spiro atoms. The molecular weight excluding hydrogens is 336 g/mol. The van der Waals surface area contributed by atoms with Gasteiger partial charge in [0.1, 0.15) is 0 Å². The van der Waals surface area contributed by atoms with Gasteiger partial charge in [-0.05, 0) is 48.2 Å². The van der Waals surface area contributed by atoms with Crippen LogP contribution in [0.1, 0.15) is 11.1 Å². The molecule has 2 aromatic carbocycles. The van der Waals surface area contributed by atoms with Gasteiger partial charge in [0.25, 0.3) is 0 Å². The van der Waals surface area contributed by atoms with E-state index in [0.29, 0.717) is 12.8 Å². The molecule has 2 aliphatic rings. The van der Waals surface area contributed by atoms with Crippen molar-refractivity contribution in [3.8, 4) is 23.0 Å². The smallest absolute Gasteiger partial charge is 0.314 e. The van der Waals surface area contributed by atoms with Crippen LogP contribution in [0, 0.1) is 0 Å². The van der Waals surface area contributed by atoms with Crippen LogP contribution in [0.25, 0.3) is 0 Å². The Kier molecular flexibility index (Phi) is 4.43. The predicted octanol–water partition coefficient (Wildman–Crippen LogP) is 2.23. The van der Waals surface area contributed by atoms with Crippen molar-refractivity contribution in [3.05, 3.63) is 47.5 Å². The molecule has 26 heavy (non-hydrogen) atoms. The minimum atomic E-state index is -0.212. The fraction of sp³-hybridized carbons (Fsp3) is 0.316. The summed E-state index contributed by atoms with van der Waals surface area (Å²) in [6.45, 7) is 0.492. The fourth-order valence-electron chi connectivity index (χ4n) is 3.14. The van der Waals surface area contributed by atoms with Crippen molar-refractivity contribution in [1.82, 2.24) is 10.6 Å². The Hall–Kier alpha value is -3.09. The van der Waals surface area contributed by atoms with Crippen molar-refractivity contribution >= 4 is 6.03 Å². The van der Waals surface area contributed by atoms with Gasteiger partial charge in [-0.2, -0.15) is 0 Å². The summed E-state index contributed by atoms with van der Waals surface area (Å²) in [5.74, 6) is 2.98. The van der Waals surface area contributed by atoms with Gasteiger partial charge in [0.15, 0.2) is 23.0 Å². The maximum absolute atomic E-state index is 11.9. The van der Waals surface area contributed by atoms with Crippen LogP contribution in [0.15, 0.2) is 36.4 Å². The van der Waals surface area contributed by atoms with Gasteiger partial charge in [-0.3, -0.25) is 0 Å². The van der Waals surface area contributed by atoms with Gasteiger partial charge in [0.05, 0.1) is 0 Å². The number of benzene rings is 2. The van der Waals surface area contributed by atoms with E-state index in [4.69, 9.17) is 18.9 Å². The van der Waals surface area contributed by atoms with Crippen LogP contribution >= 0.6 is 0 Å². The zero-order valence-electron chi connectivity index (χ0n) is 14.4. The summed E-state index contributed by atoms with van der Waals surface area (Å²) >= 11 is 0. The number of amides is 2. The number of nitrogens with one attached hydrogen (secondary N) is 2. The number of hydrogen-bond acceptors (Lipinski definition) is 5. The summed E-state index contributed by atoms with van der Waals surface area (Å²) in [5, 5.41) is 5.62. The van der Waals surface area contributed by atoms with E-state index in [-0.39, 0.29) is 25.7 Å². The predicted molar refractivity (Wildman–Crippen MR) is 93.9 cm³/mol. The highest BCUT2D eigenvalue weighted by molar-refractivity contribution is 5.73. The average molecular weight is 356 g/mol. The molecule has 2 heterocycles. The molecule has 2 N–H and O–H groups in total. The summed E-state index contributed by atoms with van der Waals surface area (Å²) in [6, 6.07) is 11.4. The van der Waals surface area contributed by atoms with Crippen molar-refractivity contribution in [1.29, 1.82) is 0 Å². The molecule has 4 rings (SSSR count). The number of fused-ring (bicyclic) bond motifs is 2. The molecule has 0 saturated carbocycles. The number of carbonyl (C=O) groups is 1. The number of rotatable bonds is 5. The Morgan fingerprint density at radius 1 is 0.885 bits per heavy atom. The minimum absolute atomic E-state index is 0.0873. The Labute approximate surface area is 151 Å². The standard InChI is InChI=1S/C19H20N2O5/c1-20-19(22)21-14(6-12-2-4-15-17(8-12)25-10-23-15)7-13-3-5-16-18(9-13)26-11-24-16/h2-5,8-9,14H,6-7,10-11H2,1H3,(H2,20,21,22). The highest BCUT2D eigenvalue weighted by atomic mass is 16.7. The van der Waals surface area contributed by atoms with E-state index in [2.05, 4.69) is 10.6 Å². The largest absolute Gasteiger partial charge is 0.454 e. The second-order valence-corrected chi connectivity index (χ2v) is 6.20. The molecule has 136 valence electrons. The minimum Gasteiger partial charge on any atom is -0.454 e. The van der Waals surface area contributed by atoms with Gasteiger partial charge in [-0.15, -0.1) is 0 Å². The van der Waals surface area contributed by atoms with E-state index >= 15 is 0 Å². The van der Waals surface area contributed by atoms with E-state index < -0.39 is 0 Å². The molecule has 0 bridgehead atoms. The first-order valence-corrected chi connectivity index (χ1v) is 8.46. The molecule has 2 amide bonds. The number of ether oxygens (including phenoxy) is 4. The first-order valence-electron chi connectivity index (χ1n) is 8.46. The highest BCUT2D eigenvalue weighted by Crippen LogP contribution is 2.34. The lowest BCUT2D eigenvalue weighted by Gasteiger charge is -2.19. The second-order valence-electron chi connectivity index (χ2n) is 6.20. The SMILES string of the molecule is CNC(=O)NC(Cc1ccc2c(c1)OCO2)Cc1ccc2c(c1)OCO2. The Morgan fingerprint density at radius 2 is 1.38 bits per heavy atom. The molecule has 0 atom stereocenters. The molecule has 2 aromatic rings. The van der Waals surface area contributed by atoms with Crippen molar-refractivity contribution in [2.24, 2.45) is 0 Å². The molecule has 7 nitrogen and oxygen atoms in total. The van der Waals surface area contributed by atoms with Crippen molar-refractivity contribution in [2.75, 3.05) is 20.6 Å². The lowest BCUT2D eigenvalue weighted by atomic mass is 9.98. The van der Waals surface area contributed by atoms with Crippen LogP contribution in [0.2, 0.25) is 0 Å². The molecule has 0 unspecified atom stereocenters. The summed E-state index contributed by atoms with van der Waals surface area (Å²) in [4.78, 5) is 11.9. The lowest BCUT2D eigenvalue weighted by molar-refractivity contribution is 0.173. The normalized spacial score (nSPS) is 13.8. The molecule has 2 aliphatic heterocycles. The maximum Gasteiger partial charge on any atom is 0.314 e. The maximum atomic E-state index is 11.9. The number of carbonyl (C=O) groups excluding carboxylic acids is 1. The quantitative estimate of drug-likeness (QED) is 0.859. The second kappa shape index (κ2) is 7.03. The average Bonchev–Trinajstić information content (AvgIpc) is 3.29. The molecule has 0 aromatic heterocycles. The van der Waals surface area contributed by atoms with E-state index in [1.54, 1.807) is 7.05 Å². The summed E-state index contributed by atoms with van der Waals surface area (Å²) in [7, 11) is 1.60. The van der Waals surface area contributed by atoms with Crippen LogP contribution in [0.4, 0.5) is 4.79 Å². The molecule has 0 radical (unpaired) electrons. The third kappa shape index (κ3) is 3.46. The fourth-order valence-corrected chi connectivity index (χ4v) is 3.14. The van der Waals surface area contributed by atoms with Gasteiger partial charge in [-0.1, -0.05) is 12.1 Å². The topological polar surface area (TPSA) is 78.1 Å². The van der Waals surface area contributed by atoms with Gasteiger partial charge in [0, 0.05) is 13.1 Å².